The van der Waals surface area contributed by atoms with E-state index in [1.54, 1.807) is 29.4 Å². The second-order valence-electron chi connectivity index (χ2n) is 6.73. The molecule has 0 spiro atoms. The van der Waals surface area contributed by atoms with Gasteiger partial charge in [0.05, 0.1) is 31.9 Å². The topological polar surface area (TPSA) is 63.0 Å². The maximum atomic E-state index is 12.9. The molecule has 0 aliphatic carbocycles. The Bertz CT molecular complexity index is 678. The molecule has 146 valence electrons. The fraction of sp³-hybridized carbons (Fsp3) is 0.500. The zero-order valence-electron chi connectivity index (χ0n) is 15.6. The van der Waals surface area contributed by atoms with Gasteiger partial charge in [0.15, 0.2) is 0 Å². The molecular formula is C20H26N2O4S. The number of ether oxygens (including phenoxy) is 1. The van der Waals surface area contributed by atoms with Gasteiger partial charge in [-0.1, -0.05) is 6.07 Å². The minimum absolute atomic E-state index is 0.0483. The van der Waals surface area contributed by atoms with E-state index in [9.17, 15) is 9.59 Å². The Balaban J connectivity index is 1.61. The molecule has 0 saturated carbocycles. The quantitative estimate of drug-likeness (QED) is 0.648. The summed E-state index contributed by atoms with van der Waals surface area (Å²) in [4.78, 5) is 30.0. The van der Waals surface area contributed by atoms with Crippen LogP contribution in [0.3, 0.4) is 0 Å². The number of rotatable bonds is 8. The number of hydrogen-bond acceptors (Lipinski definition) is 6. The molecule has 1 amide bonds. The Labute approximate surface area is 163 Å². The summed E-state index contributed by atoms with van der Waals surface area (Å²) in [6.45, 7) is 4.90. The molecule has 0 aromatic carbocycles. The average Bonchev–Trinajstić information content (AvgIpc) is 3.36. The molecule has 3 heterocycles. The van der Waals surface area contributed by atoms with Gasteiger partial charge in [-0.15, -0.1) is 11.3 Å². The van der Waals surface area contributed by atoms with Crippen molar-refractivity contribution in [2.75, 3.05) is 26.2 Å². The summed E-state index contributed by atoms with van der Waals surface area (Å²) in [6.07, 6.45) is 3.27. The van der Waals surface area contributed by atoms with Crippen molar-refractivity contribution >= 4 is 23.2 Å². The summed E-state index contributed by atoms with van der Waals surface area (Å²) in [5.74, 6) is 0.481. The highest BCUT2D eigenvalue weighted by atomic mass is 32.1. The number of carbonyl (C=O) groups excluding carboxylic acids is 2. The third kappa shape index (κ3) is 5.68. The molecule has 6 nitrogen and oxygen atoms in total. The molecule has 1 saturated heterocycles. The number of amides is 1. The predicted molar refractivity (Wildman–Crippen MR) is 103 cm³/mol. The standard InChI is InChI=1S/C20H26N2O4S/c1-2-25-20(24)16-6-3-9-22(12-16)19(23)15-21(13-17-7-4-10-26-17)14-18-8-5-11-27-18/h4-5,7-8,10-11,16H,2-3,6,9,12-15H2,1H3. The Kier molecular flexibility index (Phi) is 7.06. The van der Waals surface area contributed by atoms with E-state index < -0.39 is 0 Å². The number of hydrogen-bond donors (Lipinski definition) is 0. The first-order valence-corrected chi connectivity index (χ1v) is 10.2. The molecule has 7 heteroatoms. The molecule has 1 aliphatic heterocycles. The molecule has 0 N–H and O–H groups in total. The number of likely N-dealkylation sites (tertiary alicyclic amines) is 1. The Hall–Kier alpha value is -2.12. The summed E-state index contributed by atoms with van der Waals surface area (Å²) in [7, 11) is 0. The molecule has 27 heavy (non-hydrogen) atoms. The van der Waals surface area contributed by atoms with Crippen LogP contribution in [0.4, 0.5) is 0 Å². The normalized spacial score (nSPS) is 17.3. The number of furan rings is 1. The number of carbonyl (C=O) groups is 2. The minimum atomic E-state index is -0.210. The van der Waals surface area contributed by atoms with Crippen LogP contribution in [0.15, 0.2) is 40.3 Å². The van der Waals surface area contributed by atoms with Crippen molar-refractivity contribution in [1.29, 1.82) is 0 Å². The number of nitrogens with zero attached hydrogens (tertiary/aromatic N) is 2. The lowest BCUT2D eigenvalue weighted by Crippen LogP contribution is -2.46. The van der Waals surface area contributed by atoms with Crippen molar-refractivity contribution in [3.8, 4) is 0 Å². The summed E-state index contributed by atoms with van der Waals surface area (Å²) >= 11 is 1.68. The molecule has 1 aliphatic rings. The fourth-order valence-corrected chi connectivity index (χ4v) is 4.11. The van der Waals surface area contributed by atoms with Gasteiger partial charge in [-0.25, -0.2) is 0 Å². The van der Waals surface area contributed by atoms with Crippen LogP contribution in [0, 0.1) is 5.92 Å². The second kappa shape index (κ2) is 9.71. The van der Waals surface area contributed by atoms with Gasteiger partial charge >= 0.3 is 5.97 Å². The molecule has 1 fully saturated rings. The van der Waals surface area contributed by atoms with E-state index in [-0.39, 0.29) is 17.8 Å². The first kappa shape index (κ1) is 19.6. The first-order chi connectivity index (χ1) is 13.2. The fourth-order valence-electron chi connectivity index (χ4n) is 3.36. The molecule has 0 bridgehead atoms. The monoisotopic (exact) mass is 390 g/mol. The van der Waals surface area contributed by atoms with Gasteiger partial charge in [0.25, 0.3) is 0 Å². The van der Waals surface area contributed by atoms with Gasteiger partial charge in [-0.3, -0.25) is 14.5 Å². The Morgan fingerprint density at radius 3 is 2.93 bits per heavy atom. The van der Waals surface area contributed by atoms with Gasteiger partial charge in [0.1, 0.15) is 5.76 Å². The van der Waals surface area contributed by atoms with Crippen LogP contribution in [0.5, 0.6) is 0 Å². The second-order valence-corrected chi connectivity index (χ2v) is 7.77. The van der Waals surface area contributed by atoms with E-state index >= 15 is 0 Å². The van der Waals surface area contributed by atoms with Gasteiger partial charge in [-0.2, -0.15) is 0 Å². The van der Waals surface area contributed by atoms with Crippen molar-refractivity contribution in [3.05, 3.63) is 46.5 Å². The van der Waals surface area contributed by atoms with Gasteiger partial charge in [-0.05, 0) is 43.3 Å². The van der Waals surface area contributed by atoms with E-state index in [0.29, 0.717) is 39.3 Å². The van der Waals surface area contributed by atoms with Gasteiger partial charge < -0.3 is 14.1 Å². The van der Waals surface area contributed by atoms with Gasteiger partial charge in [0, 0.05) is 24.5 Å². The summed E-state index contributed by atoms with van der Waals surface area (Å²) in [5, 5.41) is 2.04. The lowest BCUT2D eigenvalue weighted by molar-refractivity contribution is -0.151. The molecule has 1 unspecified atom stereocenters. The molecule has 2 aromatic rings. The predicted octanol–water partition coefficient (Wildman–Crippen LogP) is 3.15. The van der Waals surface area contributed by atoms with Crippen LogP contribution in [0.2, 0.25) is 0 Å². The Morgan fingerprint density at radius 2 is 2.22 bits per heavy atom. The average molecular weight is 391 g/mol. The lowest BCUT2D eigenvalue weighted by Gasteiger charge is -2.33. The van der Waals surface area contributed by atoms with Crippen LogP contribution >= 0.6 is 11.3 Å². The third-order valence-electron chi connectivity index (χ3n) is 4.67. The SMILES string of the molecule is CCOC(=O)C1CCCN(C(=O)CN(Cc2ccco2)Cc2cccs2)C1. The van der Waals surface area contributed by atoms with Crippen LogP contribution in [-0.2, 0) is 27.4 Å². The summed E-state index contributed by atoms with van der Waals surface area (Å²) in [6, 6.07) is 7.86. The van der Waals surface area contributed by atoms with Crippen molar-refractivity contribution < 1.29 is 18.7 Å². The van der Waals surface area contributed by atoms with E-state index in [4.69, 9.17) is 9.15 Å². The number of piperidine rings is 1. The Morgan fingerprint density at radius 1 is 1.33 bits per heavy atom. The van der Waals surface area contributed by atoms with E-state index in [1.807, 2.05) is 23.6 Å². The molecular weight excluding hydrogens is 364 g/mol. The van der Waals surface area contributed by atoms with E-state index in [2.05, 4.69) is 11.0 Å². The minimum Gasteiger partial charge on any atom is -0.468 e. The maximum absolute atomic E-state index is 12.9. The molecule has 0 radical (unpaired) electrons. The third-order valence-corrected chi connectivity index (χ3v) is 5.53. The smallest absolute Gasteiger partial charge is 0.310 e. The zero-order valence-corrected chi connectivity index (χ0v) is 16.5. The maximum Gasteiger partial charge on any atom is 0.310 e. The van der Waals surface area contributed by atoms with Crippen molar-refractivity contribution in [1.82, 2.24) is 9.80 Å². The highest BCUT2D eigenvalue weighted by molar-refractivity contribution is 7.09. The highest BCUT2D eigenvalue weighted by Gasteiger charge is 2.30. The van der Waals surface area contributed by atoms with E-state index in [1.165, 1.54) is 4.88 Å². The summed E-state index contributed by atoms with van der Waals surface area (Å²) < 4.78 is 10.6. The number of thiophene rings is 1. The van der Waals surface area contributed by atoms with E-state index in [0.717, 1.165) is 18.6 Å². The van der Waals surface area contributed by atoms with Crippen LogP contribution in [-0.4, -0.2) is 47.9 Å². The van der Waals surface area contributed by atoms with Crippen molar-refractivity contribution in [2.24, 2.45) is 5.92 Å². The molecule has 3 rings (SSSR count). The van der Waals surface area contributed by atoms with Crippen molar-refractivity contribution in [2.45, 2.75) is 32.9 Å². The number of esters is 1. The lowest BCUT2D eigenvalue weighted by atomic mass is 9.98. The van der Waals surface area contributed by atoms with Crippen LogP contribution in [0.1, 0.15) is 30.4 Å². The molecule has 1 atom stereocenters. The van der Waals surface area contributed by atoms with Crippen LogP contribution in [0.25, 0.3) is 0 Å². The van der Waals surface area contributed by atoms with Crippen LogP contribution < -0.4 is 0 Å². The summed E-state index contributed by atoms with van der Waals surface area (Å²) in [5.41, 5.74) is 0. The highest BCUT2D eigenvalue weighted by Crippen LogP contribution is 2.20. The molecule has 2 aromatic heterocycles. The largest absolute Gasteiger partial charge is 0.468 e. The zero-order chi connectivity index (χ0) is 19.1. The van der Waals surface area contributed by atoms with Gasteiger partial charge in [0.2, 0.25) is 5.91 Å². The van der Waals surface area contributed by atoms with Crippen molar-refractivity contribution in [3.63, 3.8) is 0 Å². The first-order valence-electron chi connectivity index (χ1n) is 9.37.